The lowest BCUT2D eigenvalue weighted by atomic mass is 10.2. The maximum absolute atomic E-state index is 8.52. The van der Waals surface area contributed by atoms with Gasteiger partial charge in [-0.1, -0.05) is 24.3 Å². The maximum Gasteiger partial charge on any atom is 0.186 e. The molecule has 0 bridgehead atoms. The van der Waals surface area contributed by atoms with Gasteiger partial charge in [0.05, 0.1) is 13.1 Å². The summed E-state index contributed by atoms with van der Waals surface area (Å²) in [7, 11) is -5.17. The number of ether oxygens (including phenoxy) is 4. The van der Waals surface area contributed by atoms with E-state index in [-0.39, 0.29) is 24.1 Å². The Balaban J connectivity index is 0.000000208. The molecule has 2 atom stereocenters. The lowest BCUT2D eigenvalue weighted by Crippen LogP contribution is -2.33. The lowest BCUT2D eigenvalue weighted by Gasteiger charge is -2.25. The fourth-order valence-corrected chi connectivity index (χ4v) is 2.72. The maximum atomic E-state index is 8.52. The molecule has 0 aromatic heterocycles. The Labute approximate surface area is 202 Å². The van der Waals surface area contributed by atoms with Gasteiger partial charge in [0.15, 0.2) is 47.1 Å². The summed E-state index contributed by atoms with van der Waals surface area (Å²) in [6.45, 7) is 1.76. The van der Waals surface area contributed by atoms with Gasteiger partial charge in [0.1, 0.15) is 13.2 Å². The molecular weight excluding hydrogens is 484 g/mol. The van der Waals surface area contributed by atoms with E-state index in [0.29, 0.717) is 26.3 Å². The topological polar surface area (TPSA) is 246 Å². The lowest BCUT2D eigenvalue weighted by molar-refractivity contribution is 0.0972. The average Bonchev–Trinajstić information content (AvgIpc) is 2.80. The summed E-state index contributed by atoms with van der Waals surface area (Å²) in [6.07, 6.45) is -0.246. The average molecular weight is 511 g/mol. The number of para-hydroxylation sites is 4. The van der Waals surface area contributed by atoms with Crippen molar-refractivity contribution in [3.8, 4) is 23.0 Å². The van der Waals surface area contributed by atoms with Gasteiger partial charge in [-0.25, -0.2) is 9.98 Å². The number of aliphatic imine (C=N–C) groups is 2. The van der Waals surface area contributed by atoms with Crippen LogP contribution in [0.25, 0.3) is 0 Å². The van der Waals surface area contributed by atoms with Crippen LogP contribution in [0, 0.1) is 0 Å². The van der Waals surface area contributed by atoms with E-state index in [4.69, 9.17) is 59.4 Å². The van der Waals surface area contributed by atoms with E-state index in [1.807, 2.05) is 48.5 Å². The molecule has 0 fully saturated rings. The predicted molar refractivity (Wildman–Crippen MR) is 125 cm³/mol. The number of hydrogen-bond donors (Lipinski definition) is 4. The summed E-state index contributed by atoms with van der Waals surface area (Å²) in [6, 6.07) is 15.0. The monoisotopic (exact) mass is 510 g/mol. The summed E-state index contributed by atoms with van der Waals surface area (Å²) in [5.41, 5.74) is 20.9. The number of rotatable bonds is 4. The van der Waals surface area contributed by atoms with Crippen LogP contribution in [0.2, 0.25) is 0 Å². The molecule has 2 aromatic rings. The third-order valence-electron chi connectivity index (χ3n) is 4.09. The van der Waals surface area contributed by atoms with E-state index in [1.54, 1.807) is 0 Å². The number of nitrogens with zero attached hydrogens (tertiary/aromatic N) is 2. The van der Waals surface area contributed by atoms with Crippen molar-refractivity contribution in [3.63, 3.8) is 0 Å². The zero-order valence-corrected chi connectivity index (χ0v) is 19.3. The minimum absolute atomic E-state index is 0.0671. The largest absolute Gasteiger partial charge is 0.759 e. The molecule has 14 nitrogen and oxygen atoms in total. The molecule has 0 spiro atoms. The second-order valence-electron chi connectivity index (χ2n) is 6.93. The fraction of sp³-hybridized carbons (Fsp3) is 0.300. The van der Waals surface area contributed by atoms with Gasteiger partial charge in [-0.15, -0.1) is 0 Å². The van der Waals surface area contributed by atoms with Gasteiger partial charge in [0.25, 0.3) is 0 Å². The van der Waals surface area contributed by atoms with E-state index in [9.17, 15) is 0 Å². The highest BCUT2D eigenvalue weighted by Gasteiger charge is 2.20. The van der Waals surface area contributed by atoms with Crippen LogP contribution in [0.4, 0.5) is 0 Å². The van der Waals surface area contributed by atoms with Crippen molar-refractivity contribution in [2.24, 2.45) is 32.9 Å². The van der Waals surface area contributed by atoms with Crippen LogP contribution in [0.3, 0.4) is 0 Å². The van der Waals surface area contributed by atoms with Crippen molar-refractivity contribution in [2.75, 3.05) is 26.3 Å². The highest BCUT2D eigenvalue weighted by atomic mass is 32.3. The SMILES string of the molecule is NC(N)=NCC1COc2ccccc2O1.NC(N)=NCC1COc2ccccc2O1.O=S(=O)([O-])[O-]. The van der Waals surface area contributed by atoms with Crippen molar-refractivity contribution < 1.29 is 36.5 Å². The summed E-state index contributed by atoms with van der Waals surface area (Å²) < 4.78 is 56.3. The first-order valence-electron chi connectivity index (χ1n) is 10.1. The molecule has 8 N–H and O–H groups in total. The van der Waals surface area contributed by atoms with Gasteiger partial charge in [-0.3, -0.25) is 8.42 Å². The molecule has 35 heavy (non-hydrogen) atoms. The molecule has 192 valence electrons. The molecule has 15 heteroatoms. The van der Waals surface area contributed by atoms with Crippen LogP contribution in [-0.2, 0) is 10.4 Å². The van der Waals surface area contributed by atoms with E-state index in [0.717, 1.165) is 23.0 Å². The summed E-state index contributed by atoms with van der Waals surface area (Å²) >= 11 is 0. The molecule has 0 radical (unpaired) electrons. The quantitative estimate of drug-likeness (QED) is 0.165. The molecule has 0 aliphatic carbocycles. The third kappa shape index (κ3) is 11.1. The Bertz CT molecular complexity index is 1040. The third-order valence-corrected chi connectivity index (χ3v) is 4.09. The standard InChI is InChI=1S/2C10H13N3O2.H2O4S/c2*11-10(12)13-5-7-6-14-8-3-1-2-4-9(8)15-7;1-5(2,3)4/h2*1-4,7H,5-6H2,(H4,11,12,13);(H2,1,2,3,4)/p-2. The minimum Gasteiger partial charge on any atom is -0.759 e. The van der Waals surface area contributed by atoms with Gasteiger partial charge in [0.2, 0.25) is 0 Å². The van der Waals surface area contributed by atoms with Crippen LogP contribution in [-0.4, -0.2) is 68.0 Å². The van der Waals surface area contributed by atoms with Crippen LogP contribution in [0.1, 0.15) is 0 Å². The van der Waals surface area contributed by atoms with Crippen molar-refractivity contribution in [1.82, 2.24) is 0 Å². The number of fused-ring (bicyclic) bond motifs is 2. The van der Waals surface area contributed by atoms with Gasteiger partial charge in [-0.05, 0) is 24.3 Å². The minimum atomic E-state index is -5.17. The fourth-order valence-electron chi connectivity index (χ4n) is 2.72. The Morgan fingerprint density at radius 1 is 0.743 bits per heavy atom. The molecule has 0 saturated heterocycles. The molecule has 2 aliphatic rings. The first kappa shape index (κ1) is 27.3. The van der Waals surface area contributed by atoms with Crippen LogP contribution in [0.15, 0.2) is 58.5 Å². The van der Waals surface area contributed by atoms with E-state index in [1.165, 1.54) is 0 Å². The van der Waals surface area contributed by atoms with E-state index >= 15 is 0 Å². The number of nitrogens with two attached hydrogens (primary N) is 4. The highest BCUT2D eigenvalue weighted by Crippen LogP contribution is 2.31. The zero-order chi connectivity index (χ0) is 25.8. The van der Waals surface area contributed by atoms with Crippen LogP contribution >= 0.6 is 0 Å². The molecule has 0 amide bonds. The van der Waals surface area contributed by atoms with Crippen molar-refractivity contribution in [1.29, 1.82) is 0 Å². The second-order valence-corrected chi connectivity index (χ2v) is 7.75. The van der Waals surface area contributed by atoms with Crippen molar-refractivity contribution >= 4 is 22.3 Å². The van der Waals surface area contributed by atoms with Gasteiger partial charge in [0, 0.05) is 10.4 Å². The molecular formula is C20H26N6O8S-2. The zero-order valence-electron chi connectivity index (χ0n) is 18.5. The second kappa shape index (κ2) is 13.1. The Morgan fingerprint density at radius 3 is 1.37 bits per heavy atom. The first-order valence-corrected chi connectivity index (χ1v) is 11.4. The number of hydrogen-bond acceptors (Lipinski definition) is 10. The number of guanidine groups is 2. The van der Waals surface area contributed by atoms with Crippen LogP contribution in [0.5, 0.6) is 23.0 Å². The van der Waals surface area contributed by atoms with E-state index < -0.39 is 10.4 Å². The number of benzene rings is 2. The Morgan fingerprint density at radius 2 is 1.06 bits per heavy atom. The summed E-state index contributed by atoms with van der Waals surface area (Å²) in [5, 5.41) is 0. The predicted octanol–water partition coefficient (Wildman–Crippen LogP) is -1.14. The van der Waals surface area contributed by atoms with Crippen molar-refractivity contribution in [2.45, 2.75) is 12.2 Å². The molecule has 0 saturated carbocycles. The summed E-state index contributed by atoms with van der Waals surface area (Å²) in [5.74, 6) is 3.13. The van der Waals surface area contributed by atoms with Crippen LogP contribution < -0.4 is 41.9 Å². The first-order chi connectivity index (χ1) is 16.5. The summed E-state index contributed by atoms with van der Waals surface area (Å²) in [4.78, 5) is 7.78. The normalized spacial score (nSPS) is 17.3. The highest BCUT2D eigenvalue weighted by molar-refractivity contribution is 7.79. The molecule has 2 aromatic carbocycles. The van der Waals surface area contributed by atoms with Crippen molar-refractivity contribution in [3.05, 3.63) is 48.5 Å². The molecule has 2 aliphatic heterocycles. The smallest absolute Gasteiger partial charge is 0.186 e. The van der Waals surface area contributed by atoms with E-state index in [2.05, 4.69) is 9.98 Å². The molecule has 2 heterocycles. The molecule has 2 unspecified atom stereocenters. The molecule has 4 rings (SSSR count). The van der Waals surface area contributed by atoms with Gasteiger partial charge >= 0.3 is 0 Å². The Kier molecular flexibility index (Phi) is 10.2. The Hall–Kier alpha value is -3.95. The van der Waals surface area contributed by atoms with Gasteiger partial charge < -0.3 is 51.0 Å². The van der Waals surface area contributed by atoms with Gasteiger partial charge in [-0.2, -0.15) is 0 Å².